The lowest BCUT2D eigenvalue weighted by atomic mass is 10.2. The van der Waals surface area contributed by atoms with Crippen LogP contribution in [0.15, 0.2) is 42.5 Å². The van der Waals surface area contributed by atoms with Crippen LogP contribution in [0, 0.1) is 0 Å². The molecule has 1 aliphatic heterocycles. The molecule has 2 heterocycles. The first-order valence-electron chi connectivity index (χ1n) is 8.61. The Morgan fingerprint density at radius 2 is 1.93 bits per heavy atom. The van der Waals surface area contributed by atoms with Crippen LogP contribution in [0.5, 0.6) is 11.5 Å². The van der Waals surface area contributed by atoms with Gasteiger partial charge >= 0.3 is 6.03 Å². The number of urea groups is 1. The van der Waals surface area contributed by atoms with E-state index in [2.05, 4.69) is 26.0 Å². The zero-order valence-corrected chi connectivity index (χ0v) is 15.7. The Balaban J connectivity index is 1.33. The second-order valence-corrected chi connectivity index (χ2v) is 6.45. The molecule has 148 valence electrons. The number of fused-ring (bicyclic) bond motifs is 1. The van der Waals surface area contributed by atoms with Gasteiger partial charge in [0.2, 0.25) is 5.82 Å². The summed E-state index contributed by atoms with van der Waals surface area (Å²) in [7, 11) is 0. The fourth-order valence-electron chi connectivity index (χ4n) is 2.63. The van der Waals surface area contributed by atoms with Crippen LogP contribution >= 0.6 is 11.6 Å². The summed E-state index contributed by atoms with van der Waals surface area (Å²) in [6.07, 6.45) is 0. The van der Waals surface area contributed by atoms with Crippen molar-refractivity contribution in [3.63, 3.8) is 0 Å². The first kappa shape index (κ1) is 18.7. The number of aromatic nitrogens is 4. The molecule has 1 aromatic heterocycles. The topological polar surface area (TPSA) is 120 Å². The first-order valence-corrected chi connectivity index (χ1v) is 8.99. The maximum Gasteiger partial charge on any atom is 0.325 e. The second-order valence-electron chi connectivity index (χ2n) is 6.01. The standard InChI is InChI=1S/C18H15ClN6O4/c19-12-3-1-2-11(8-12)17-22-24-25(23-17)10-16(26)21-18(27)20-13-4-5-14-15(9-13)29-7-6-28-14/h1-5,8-9H,6-7,10H2,(H2,20,21,26,27). The van der Waals surface area contributed by atoms with E-state index >= 15 is 0 Å². The zero-order valence-electron chi connectivity index (χ0n) is 15.0. The lowest BCUT2D eigenvalue weighted by Crippen LogP contribution is -2.37. The molecule has 0 spiro atoms. The van der Waals surface area contributed by atoms with Crippen LogP contribution in [0.4, 0.5) is 10.5 Å². The highest BCUT2D eigenvalue weighted by Gasteiger charge is 2.15. The summed E-state index contributed by atoms with van der Waals surface area (Å²) in [6, 6.07) is 11.2. The van der Waals surface area contributed by atoms with E-state index in [0.717, 1.165) is 4.80 Å². The lowest BCUT2D eigenvalue weighted by Gasteiger charge is -2.19. The summed E-state index contributed by atoms with van der Waals surface area (Å²) in [4.78, 5) is 25.2. The molecule has 0 atom stereocenters. The van der Waals surface area contributed by atoms with Crippen molar-refractivity contribution in [3.8, 4) is 22.9 Å². The Hall–Kier alpha value is -3.66. The Labute approximate surface area is 169 Å². The fraction of sp³-hybridized carbons (Fsp3) is 0.167. The van der Waals surface area contributed by atoms with Crippen molar-refractivity contribution in [3.05, 3.63) is 47.5 Å². The summed E-state index contributed by atoms with van der Waals surface area (Å²) in [5.41, 5.74) is 1.13. The maximum absolute atomic E-state index is 12.1. The van der Waals surface area contributed by atoms with Gasteiger partial charge < -0.3 is 14.8 Å². The molecule has 0 aliphatic carbocycles. The van der Waals surface area contributed by atoms with E-state index < -0.39 is 11.9 Å². The Kier molecular flexibility index (Phi) is 5.25. The van der Waals surface area contributed by atoms with Gasteiger partial charge in [-0.25, -0.2) is 4.79 Å². The van der Waals surface area contributed by atoms with Crippen molar-refractivity contribution in [1.29, 1.82) is 0 Å². The third kappa shape index (κ3) is 4.61. The minimum Gasteiger partial charge on any atom is -0.486 e. The summed E-state index contributed by atoms with van der Waals surface area (Å²) in [5.74, 6) is 0.850. The molecule has 2 aromatic carbocycles. The SMILES string of the molecule is O=C(Cn1nnc(-c2cccc(Cl)c2)n1)NC(=O)Nc1ccc2c(c1)OCCO2. The molecule has 29 heavy (non-hydrogen) atoms. The van der Waals surface area contributed by atoms with Gasteiger partial charge in [0.05, 0.1) is 0 Å². The van der Waals surface area contributed by atoms with Crippen molar-refractivity contribution in [1.82, 2.24) is 25.5 Å². The number of tetrazole rings is 1. The number of benzene rings is 2. The molecular weight excluding hydrogens is 400 g/mol. The van der Waals surface area contributed by atoms with Crippen LogP contribution in [-0.4, -0.2) is 45.4 Å². The van der Waals surface area contributed by atoms with E-state index in [1.54, 1.807) is 42.5 Å². The van der Waals surface area contributed by atoms with Crippen molar-refractivity contribution < 1.29 is 19.1 Å². The van der Waals surface area contributed by atoms with E-state index in [9.17, 15) is 9.59 Å². The normalized spacial score (nSPS) is 12.3. The lowest BCUT2D eigenvalue weighted by molar-refractivity contribution is -0.120. The number of carbonyl (C=O) groups excluding carboxylic acids is 2. The number of hydrogen-bond acceptors (Lipinski definition) is 7. The van der Waals surface area contributed by atoms with Gasteiger partial charge in [0.25, 0.3) is 5.91 Å². The first-order chi connectivity index (χ1) is 14.1. The van der Waals surface area contributed by atoms with E-state index in [-0.39, 0.29) is 6.54 Å². The fourth-order valence-corrected chi connectivity index (χ4v) is 2.82. The highest BCUT2D eigenvalue weighted by molar-refractivity contribution is 6.30. The minimum absolute atomic E-state index is 0.276. The van der Waals surface area contributed by atoms with Crippen molar-refractivity contribution in [2.24, 2.45) is 0 Å². The highest BCUT2D eigenvalue weighted by Crippen LogP contribution is 2.32. The van der Waals surface area contributed by atoms with Crippen molar-refractivity contribution >= 4 is 29.2 Å². The number of carbonyl (C=O) groups is 2. The third-order valence-electron chi connectivity index (χ3n) is 3.87. The number of nitrogens with zero attached hydrogens (tertiary/aromatic N) is 4. The molecule has 3 amide bonds. The van der Waals surface area contributed by atoms with Crippen LogP contribution in [0.2, 0.25) is 5.02 Å². The second kappa shape index (κ2) is 8.15. The number of nitrogens with one attached hydrogen (secondary N) is 2. The molecule has 4 rings (SSSR count). The molecule has 11 heteroatoms. The molecule has 0 bridgehead atoms. The Morgan fingerprint density at radius 1 is 1.10 bits per heavy atom. The number of imide groups is 1. The number of halogens is 1. The van der Waals surface area contributed by atoms with Crippen LogP contribution in [0.25, 0.3) is 11.4 Å². The van der Waals surface area contributed by atoms with Gasteiger partial charge in [-0.2, -0.15) is 4.80 Å². The predicted octanol–water partition coefficient (Wildman–Crippen LogP) is 2.11. The highest BCUT2D eigenvalue weighted by atomic mass is 35.5. The van der Waals surface area contributed by atoms with E-state index in [4.69, 9.17) is 21.1 Å². The molecule has 0 saturated carbocycles. The van der Waals surface area contributed by atoms with Crippen LogP contribution in [-0.2, 0) is 11.3 Å². The minimum atomic E-state index is -0.693. The third-order valence-corrected chi connectivity index (χ3v) is 4.11. The number of hydrogen-bond donors (Lipinski definition) is 2. The smallest absolute Gasteiger partial charge is 0.325 e. The molecule has 1 aliphatic rings. The molecule has 0 saturated heterocycles. The quantitative estimate of drug-likeness (QED) is 0.670. The zero-order chi connectivity index (χ0) is 20.2. The number of anilines is 1. The van der Waals surface area contributed by atoms with E-state index in [1.807, 2.05) is 0 Å². The molecular formula is C18H15ClN6O4. The van der Waals surface area contributed by atoms with Gasteiger partial charge in [0, 0.05) is 22.3 Å². The summed E-state index contributed by atoms with van der Waals surface area (Å²) < 4.78 is 10.9. The van der Waals surface area contributed by atoms with Crippen LogP contribution in [0.3, 0.4) is 0 Å². The molecule has 0 fully saturated rings. The van der Waals surface area contributed by atoms with E-state index in [1.165, 1.54) is 0 Å². The van der Waals surface area contributed by atoms with Gasteiger partial charge in [-0.05, 0) is 29.5 Å². The van der Waals surface area contributed by atoms with Crippen LogP contribution < -0.4 is 20.1 Å². The predicted molar refractivity (Wildman–Crippen MR) is 103 cm³/mol. The van der Waals surface area contributed by atoms with Gasteiger partial charge in [0.1, 0.15) is 19.8 Å². The van der Waals surface area contributed by atoms with Gasteiger partial charge in [-0.3, -0.25) is 10.1 Å². The largest absolute Gasteiger partial charge is 0.486 e. The maximum atomic E-state index is 12.1. The van der Waals surface area contributed by atoms with Crippen molar-refractivity contribution in [2.45, 2.75) is 6.54 Å². The molecule has 2 N–H and O–H groups in total. The molecule has 10 nitrogen and oxygen atoms in total. The number of rotatable bonds is 4. The average Bonchev–Trinajstić information content (AvgIpc) is 3.16. The summed E-state index contributed by atoms with van der Waals surface area (Å²) in [5, 5.41) is 17.1. The summed E-state index contributed by atoms with van der Waals surface area (Å²) >= 11 is 5.94. The number of amides is 3. The van der Waals surface area contributed by atoms with Crippen LogP contribution in [0.1, 0.15) is 0 Å². The van der Waals surface area contributed by atoms with Crippen molar-refractivity contribution in [2.75, 3.05) is 18.5 Å². The van der Waals surface area contributed by atoms with Gasteiger partial charge in [-0.15, -0.1) is 10.2 Å². The Morgan fingerprint density at radius 3 is 2.76 bits per heavy atom. The van der Waals surface area contributed by atoms with Gasteiger partial charge in [-0.1, -0.05) is 23.7 Å². The molecule has 0 radical (unpaired) electrons. The molecule has 3 aromatic rings. The molecule has 0 unspecified atom stereocenters. The Bertz CT molecular complexity index is 1070. The summed E-state index contributed by atoms with van der Waals surface area (Å²) in [6.45, 7) is 0.634. The van der Waals surface area contributed by atoms with Gasteiger partial charge in [0.15, 0.2) is 11.5 Å². The number of ether oxygens (including phenoxy) is 2. The monoisotopic (exact) mass is 414 g/mol. The van der Waals surface area contributed by atoms with E-state index in [0.29, 0.717) is 46.8 Å². The average molecular weight is 415 g/mol.